The molecule has 3 aromatic rings. The molecule has 0 fully saturated rings. The fourth-order valence-corrected chi connectivity index (χ4v) is 4.11. The second kappa shape index (κ2) is 8.91. The summed E-state index contributed by atoms with van der Waals surface area (Å²) in [5.41, 5.74) is 2.83. The summed E-state index contributed by atoms with van der Waals surface area (Å²) in [6.45, 7) is 2.48. The first-order valence-electron chi connectivity index (χ1n) is 8.65. The van der Waals surface area contributed by atoms with Crippen LogP contribution in [0.25, 0.3) is 10.2 Å². The van der Waals surface area contributed by atoms with Gasteiger partial charge in [0.1, 0.15) is 0 Å². The largest absolute Gasteiger partial charge is 0.351 e. The van der Waals surface area contributed by atoms with Crippen molar-refractivity contribution in [3.63, 3.8) is 0 Å². The highest BCUT2D eigenvalue weighted by Crippen LogP contribution is 2.27. The van der Waals surface area contributed by atoms with Crippen molar-refractivity contribution in [2.75, 3.05) is 11.9 Å². The van der Waals surface area contributed by atoms with Gasteiger partial charge in [-0.05, 0) is 42.0 Å². The van der Waals surface area contributed by atoms with E-state index < -0.39 is 0 Å². The van der Waals surface area contributed by atoms with Gasteiger partial charge in [-0.25, -0.2) is 4.98 Å². The molecule has 136 valence electrons. The molecule has 0 unspecified atom stereocenters. The van der Waals surface area contributed by atoms with Gasteiger partial charge in [0.15, 0.2) is 5.13 Å². The van der Waals surface area contributed by atoms with E-state index in [1.165, 1.54) is 41.1 Å². The predicted molar refractivity (Wildman–Crippen MR) is 108 cm³/mol. The van der Waals surface area contributed by atoms with Gasteiger partial charge in [0.25, 0.3) is 5.91 Å². The molecule has 26 heavy (non-hydrogen) atoms. The van der Waals surface area contributed by atoms with Crippen molar-refractivity contribution in [2.45, 2.75) is 32.6 Å². The van der Waals surface area contributed by atoms with Crippen LogP contribution in [0.5, 0.6) is 0 Å². The molecule has 5 nitrogen and oxygen atoms in total. The fourth-order valence-electron chi connectivity index (χ4n) is 2.53. The highest BCUT2D eigenvalue weighted by molar-refractivity contribution is 7.22. The smallest absolute Gasteiger partial charge is 0.252 e. The summed E-state index contributed by atoms with van der Waals surface area (Å²) in [4.78, 5) is 28.4. The van der Waals surface area contributed by atoms with E-state index >= 15 is 0 Å². The molecule has 0 aliphatic rings. The lowest BCUT2D eigenvalue weighted by atomic mass is 10.1. The molecule has 0 saturated carbocycles. The number of unbranched alkanes of at least 4 members (excludes halogenated alkanes) is 1. The van der Waals surface area contributed by atoms with Crippen LogP contribution < -0.4 is 10.6 Å². The molecule has 2 amide bonds. The third-order valence-corrected chi connectivity index (χ3v) is 5.56. The minimum absolute atomic E-state index is 0.152. The van der Waals surface area contributed by atoms with Crippen molar-refractivity contribution in [1.82, 2.24) is 10.3 Å². The normalized spacial score (nSPS) is 10.8. The third kappa shape index (κ3) is 4.89. The van der Waals surface area contributed by atoms with E-state index in [-0.39, 0.29) is 18.2 Å². The Kier molecular flexibility index (Phi) is 6.35. The van der Waals surface area contributed by atoms with E-state index in [1.807, 2.05) is 11.4 Å². The lowest BCUT2D eigenvalue weighted by Crippen LogP contribution is -2.27. The molecule has 0 aliphatic heterocycles. The van der Waals surface area contributed by atoms with Crippen molar-refractivity contribution in [2.24, 2.45) is 0 Å². The second-order valence-electron chi connectivity index (χ2n) is 5.99. The van der Waals surface area contributed by atoms with Crippen molar-refractivity contribution in [3.05, 3.63) is 46.2 Å². The molecule has 3 rings (SSSR count). The average Bonchev–Trinajstić information content (AvgIpc) is 3.28. The number of aryl methyl sites for hydroxylation is 1. The number of rotatable bonds is 8. The number of fused-ring (bicyclic) bond motifs is 1. The zero-order chi connectivity index (χ0) is 18.4. The molecule has 7 heteroatoms. The van der Waals surface area contributed by atoms with Crippen LogP contribution in [0.1, 0.15) is 42.1 Å². The number of aromatic nitrogens is 1. The number of anilines is 1. The lowest BCUT2D eigenvalue weighted by Gasteiger charge is -2.03. The van der Waals surface area contributed by atoms with Crippen LogP contribution in [0.3, 0.4) is 0 Å². The first-order chi connectivity index (χ1) is 12.7. The Balaban J connectivity index is 1.51. The summed E-state index contributed by atoms with van der Waals surface area (Å²) >= 11 is 2.95. The van der Waals surface area contributed by atoms with Crippen molar-refractivity contribution in [3.8, 4) is 0 Å². The Morgan fingerprint density at radius 3 is 2.88 bits per heavy atom. The maximum absolute atomic E-state index is 12.1. The fraction of sp³-hybridized carbons (Fsp3) is 0.316. The Hall–Kier alpha value is -2.25. The molecule has 0 bridgehead atoms. The quantitative estimate of drug-likeness (QED) is 0.599. The van der Waals surface area contributed by atoms with Gasteiger partial charge < -0.3 is 10.6 Å². The molecule has 1 aromatic carbocycles. The number of benzene rings is 1. The summed E-state index contributed by atoms with van der Waals surface area (Å²) in [5.74, 6) is -0.306. The van der Waals surface area contributed by atoms with Crippen LogP contribution >= 0.6 is 22.7 Å². The van der Waals surface area contributed by atoms with Gasteiger partial charge in [0, 0.05) is 23.9 Å². The van der Waals surface area contributed by atoms with E-state index in [0.717, 1.165) is 16.6 Å². The van der Waals surface area contributed by atoms with E-state index in [9.17, 15) is 9.59 Å². The number of nitrogens with one attached hydrogen (secondary N) is 2. The van der Waals surface area contributed by atoms with E-state index in [2.05, 4.69) is 34.7 Å². The maximum Gasteiger partial charge on any atom is 0.252 e. The monoisotopic (exact) mass is 387 g/mol. The third-order valence-electron chi connectivity index (χ3n) is 3.94. The minimum Gasteiger partial charge on any atom is -0.351 e. The standard InChI is InChI=1S/C19H21N3O2S2/c1-2-3-4-13-5-6-15-16(11-13)26-19(21-15)22-17(23)7-9-20-18(24)14-8-10-25-12-14/h5-6,8,10-12H,2-4,7,9H2,1H3,(H,20,24)(H,21,22,23). The number of nitrogens with zero attached hydrogens (tertiary/aromatic N) is 1. The molecule has 2 N–H and O–H groups in total. The number of hydrogen-bond acceptors (Lipinski definition) is 5. The first-order valence-corrected chi connectivity index (χ1v) is 10.4. The van der Waals surface area contributed by atoms with E-state index in [4.69, 9.17) is 0 Å². The summed E-state index contributed by atoms with van der Waals surface area (Å²) in [6.07, 6.45) is 3.62. The zero-order valence-corrected chi connectivity index (χ0v) is 16.2. The van der Waals surface area contributed by atoms with Crippen molar-refractivity contribution >= 4 is 49.8 Å². The minimum atomic E-state index is -0.154. The Bertz CT molecular complexity index is 887. The molecule has 2 aromatic heterocycles. The van der Waals surface area contributed by atoms with Gasteiger partial charge in [0.2, 0.25) is 5.91 Å². The first kappa shape index (κ1) is 18.5. The Morgan fingerprint density at radius 2 is 2.12 bits per heavy atom. The number of thiophene rings is 1. The van der Waals surface area contributed by atoms with Crippen molar-refractivity contribution < 1.29 is 9.59 Å². The molecule has 0 aliphatic carbocycles. The predicted octanol–water partition coefficient (Wildman–Crippen LogP) is 4.46. The van der Waals surface area contributed by atoms with Gasteiger partial charge in [-0.3, -0.25) is 9.59 Å². The number of hydrogen-bond donors (Lipinski definition) is 2. The zero-order valence-electron chi connectivity index (χ0n) is 14.6. The van der Waals surface area contributed by atoms with Crippen molar-refractivity contribution in [1.29, 1.82) is 0 Å². The molecule has 0 saturated heterocycles. The molecular formula is C19H21N3O2S2. The number of thiazole rings is 1. The highest BCUT2D eigenvalue weighted by atomic mass is 32.1. The maximum atomic E-state index is 12.1. The van der Waals surface area contributed by atoms with Gasteiger partial charge in [-0.15, -0.1) is 0 Å². The van der Waals surface area contributed by atoms with Crippen LogP contribution in [0, 0.1) is 0 Å². The summed E-state index contributed by atoms with van der Waals surface area (Å²) in [7, 11) is 0. The van der Waals surface area contributed by atoms with Gasteiger partial charge in [0.05, 0.1) is 10.2 Å². The van der Waals surface area contributed by atoms with Gasteiger partial charge >= 0.3 is 0 Å². The number of carbonyl (C=O) groups is 2. The lowest BCUT2D eigenvalue weighted by molar-refractivity contribution is -0.116. The number of amides is 2. The Labute approximate surface area is 160 Å². The molecular weight excluding hydrogens is 366 g/mol. The SMILES string of the molecule is CCCCc1ccc2nc(NC(=O)CCNC(=O)c3ccsc3)sc2c1. The average molecular weight is 388 g/mol. The van der Waals surface area contributed by atoms with Crippen LogP contribution in [-0.4, -0.2) is 23.3 Å². The van der Waals surface area contributed by atoms with Crippen LogP contribution in [0.15, 0.2) is 35.0 Å². The van der Waals surface area contributed by atoms with Crippen LogP contribution in [0.2, 0.25) is 0 Å². The van der Waals surface area contributed by atoms with Crippen LogP contribution in [0.4, 0.5) is 5.13 Å². The summed E-state index contributed by atoms with van der Waals surface area (Å²) < 4.78 is 1.08. The van der Waals surface area contributed by atoms with E-state index in [1.54, 1.807) is 11.4 Å². The highest BCUT2D eigenvalue weighted by Gasteiger charge is 2.10. The molecule has 0 spiro atoms. The second-order valence-corrected chi connectivity index (χ2v) is 7.80. The van der Waals surface area contributed by atoms with Gasteiger partial charge in [-0.2, -0.15) is 11.3 Å². The summed E-state index contributed by atoms with van der Waals surface area (Å²) in [6, 6.07) is 8.02. The van der Waals surface area contributed by atoms with Gasteiger partial charge in [-0.1, -0.05) is 30.7 Å². The molecule has 0 atom stereocenters. The number of carbonyl (C=O) groups excluding carboxylic acids is 2. The van der Waals surface area contributed by atoms with E-state index in [0.29, 0.717) is 17.2 Å². The summed E-state index contributed by atoms with van der Waals surface area (Å²) in [5, 5.41) is 9.80. The Morgan fingerprint density at radius 1 is 1.23 bits per heavy atom. The topological polar surface area (TPSA) is 71.1 Å². The molecule has 0 radical (unpaired) electrons. The molecule has 2 heterocycles. The van der Waals surface area contributed by atoms with Crippen LogP contribution in [-0.2, 0) is 11.2 Å².